The molecule has 0 saturated carbocycles. The van der Waals surface area contributed by atoms with Gasteiger partial charge < -0.3 is 14.4 Å². The number of nitrogens with zero attached hydrogens (tertiary/aromatic N) is 7. The van der Waals surface area contributed by atoms with Crippen molar-refractivity contribution in [2.45, 2.75) is 45.2 Å². The van der Waals surface area contributed by atoms with Gasteiger partial charge in [-0.05, 0) is 33.6 Å². The monoisotopic (exact) mass is 419 g/mol. The number of imidazole rings is 1. The molecule has 2 saturated heterocycles. The normalized spacial score (nSPS) is 18.6. The fraction of sp³-hybridized carbons (Fsp3) is 0.632. The molecular weight excluding hydrogens is 390 g/mol. The van der Waals surface area contributed by atoms with Crippen LogP contribution >= 0.6 is 0 Å². The lowest BCUT2D eigenvalue weighted by Crippen LogP contribution is -2.49. The van der Waals surface area contributed by atoms with Crippen molar-refractivity contribution >= 4 is 21.8 Å². The highest BCUT2D eigenvalue weighted by Gasteiger charge is 2.31. The van der Waals surface area contributed by atoms with E-state index in [4.69, 9.17) is 4.98 Å². The summed E-state index contributed by atoms with van der Waals surface area (Å²) in [6.07, 6.45) is 4.02. The van der Waals surface area contributed by atoms with E-state index in [2.05, 4.69) is 19.8 Å². The second-order valence-corrected chi connectivity index (χ2v) is 9.55. The summed E-state index contributed by atoms with van der Waals surface area (Å²) < 4.78 is 29.3. The highest BCUT2D eigenvalue weighted by Crippen LogP contribution is 2.23. The number of rotatable bonds is 5. The van der Waals surface area contributed by atoms with E-state index in [0.717, 1.165) is 24.6 Å². The molecule has 10 heteroatoms. The fourth-order valence-corrected chi connectivity index (χ4v) is 5.39. The van der Waals surface area contributed by atoms with Gasteiger partial charge in [-0.2, -0.15) is 9.29 Å². The quantitative estimate of drug-likeness (QED) is 0.724. The van der Waals surface area contributed by atoms with E-state index in [1.165, 1.54) is 17.1 Å². The molecule has 0 aromatic carbocycles. The van der Waals surface area contributed by atoms with E-state index < -0.39 is 10.0 Å². The van der Waals surface area contributed by atoms with Gasteiger partial charge in [0.15, 0.2) is 5.03 Å². The molecule has 2 aromatic heterocycles. The summed E-state index contributed by atoms with van der Waals surface area (Å²) in [6.45, 7) is 10.5. The molecular formula is C19H29N7O2S. The maximum atomic E-state index is 13.0. The number of aryl methyl sites for hydroxylation is 3. The Labute approximate surface area is 172 Å². The second kappa shape index (κ2) is 7.91. The van der Waals surface area contributed by atoms with Crippen LogP contribution in [0.3, 0.4) is 0 Å². The van der Waals surface area contributed by atoms with Crippen LogP contribution in [0.5, 0.6) is 0 Å². The molecule has 29 heavy (non-hydrogen) atoms. The first kappa shape index (κ1) is 20.1. The molecule has 4 heterocycles. The third kappa shape index (κ3) is 3.95. The maximum Gasteiger partial charge on any atom is 0.262 e. The first-order chi connectivity index (χ1) is 13.9. The van der Waals surface area contributed by atoms with Gasteiger partial charge in [-0.3, -0.25) is 0 Å². The third-order valence-corrected chi connectivity index (χ3v) is 7.45. The van der Waals surface area contributed by atoms with Gasteiger partial charge in [-0.1, -0.05) is 0 Å². The van der Waals surface area contributed by atoms with Crippen LogP contribution in [0.25, 0.3) is 0 Å². The summed E-state index contributed by atoms with van der Waals surface area (Å²) in [5.74, 6) is 2.38. The molecule has 4 rings (SSSR count). The van der Waals surface area contributed by atoms with E-state index in [1.54, 1.807) is 6.20 Å². The van der Waals surface area contributed by atoms with Crippen LogP contribution in [0, 0.1) is 13.8 Å². The van der Waals surface area contributed by atoms with Gasteiger partial charge >= 0.3 is 0 Å². The average Bonchev–Trinajstić information content (AvgIpc) is 3.37. The van der Waals surface area contributed by atoms with Crippen molar-refractivity contribution in [3.63, 3.8) is 0 Å². The van der Waals surface area contributed by atoms with Crippen LogP contribution in [-0.2, 0) is 16.6 Å². The van der Waals surface area contributed by atoms with Gasteiger partial charge in [-0.15, -0.1) is 0 Å². The molecule has 158 valence electrons. The first-order valence-electron chi connectivity index (χ1n) is 10.3. The van der Waals surface area contributed by atoms with E-state index in [9.17, 15) is 8.42 Å². The Bertz CT molecular complexity index is 974. The van der Waals surface area contributed by atoms with Gasteiger partial charge in [0.1, 0.15) is 11.6 Å². The summed E-state index contributed by atoms with van der Waals surface area (Å²) in [4.78, 5) is 18.0. The SMILES string of the molecule is CCn1cc(S(=O)(=O)N2CCN(c3nc(C)cc(N4CCCC4)n3)CC2)nc1C. The molecule has 0 unspecified atom stereocenters. The van der Waals surface area contributed by atoms with Crippen LogP contribution in [0.2, 0.25) is 0 Å². The van der Waals surface area contributed by atoms with Gasteiger partial charge in [-0.25, -0.2) is 18.4 Å². The topological polar surface area (TPSA) is 87.5 Å². The summed E-state index contributed by atoms with van der Waals surface area (Å²) in [5, 5.41) is 0.133. The Kier molecular flexibility index (Phi) is 5.48. The summed E-state index contributed by atoms with van der Waals surface area (Å²) in [6, 6.07) is 2.03. The molecule has 2 aromatic rings. The van der Waals surface area contributed by atoms with Crippen molar-refractivity contribution in [1.82, 2.24) is 23.8 Å². The Morgan fingerprint density at radius 2 is 1.62 bits per heavy atom. The minimum atomic E-state index is -3.58. The van der Waals surface area contributed by atoms with E-state index in [0.29, 0.717) is 44.5 Å². The Morgan fingerprint density at radius 3 is 2.24 bits per heavy atom. The third-order valence-electron chi connectivity index (χ3n) is 5.68. The molecule has 0 bridgehead atoms. The minimum Gasteiger partial charge on any atom is -0.356 e. The standard InChI is InChI=1S/C19H29N7O2S/c1-4-23-14-18(21-16(23)3)29(27,28)26-11-9-25(10-12-26)19-20-15(2)13-17(22-19)24-7-5-6-8-24/h13-14H,4-12H2,1-3H3. The Morgan fingerprint density at radius 1 is 0.931 bits per heavy atom. The molecule has 2 aliphatic heterocycles. The predicted octanol–water partition coefficient (Wildman–Crippen LogP) is 1.42. The average molecular weight is 420 g/mol. The van der Waals surface area contributed by atoms with Crippen molar-refractivity contribution in [2.75, 3.05) is 49.1 Å². The van der Waals surface area contributed by atoms with Gasteiger partial charge in [0.2, 0.25) is 5.95 Å². The minimum absolute atomic E-state index is 0.133. The van der Waals surface area contributed by atoms with Crippen molar-refractivity contribution in [2.24, 2.45) is 0 Å². The molecule has 0 spiro atoms. The lowest BCUT2D eigenvalue weighted by Gasteiger charge is -2.34. The zero-order valence-electron chi connectivity index (χ0n) is 17.4. The van der Waals surface area contributed by atoms with Gasteiger partial charge in [0.25, 0.3) is 10.0 Å². The van der Waals surface area contributed by atoms with Crippen molar-refractivity contribution in [1.29, 1.82) is 0 Å². The van der Waals surface area contributed by atoms with Crippen molar-refractivity contribution in [3.8, 4) is 0 Å². The molecule has 2 aliphatic rings. The summed E-state index contributed by atoms with van der Waals surface area (Å²) >= 11 is 0. The summed E-state index contributed by atoms with van der Waals surface area (Å²) in [7, 11) is -3.58. The number of aromatic nitrogens is 4. The fourth-order valence-electron chi connectivity index (χ4n) is 3.97. The molecule has 0 radical (unpaired) electrons. The van der Waals surface area contributed by atoms with Crippen LogP contribution in [0.1, 0.15) is 31.3 Å². The van der Waals surface area contributed by atoms with Crippen molar-refractivity contribution < 1.29 is 8.42 Å². The Balaban J connectivity index is 1.48. The molecule has 2 fully saturated rings. The zero-order valence-corrected chi connectivity index (χ0v) is 18.2. The molecule has 0 atom stereocenters. The lowest BCUT2D eigenvalue weighted by molar-refractivity contribution is 0.381. The molecule has 0 aliphatic carbocycles. The van der Waals surface area contributed by atoms with E-state index in [1.807, 2.05) is 31.4 Å². The maximum absolute atomic E-state index is 13.0. The van der Waals surface area contributed by atoms with Crippen molar-refractivity contribution in [3.05, 3.63) is 23.8 Å². The smallest absolute Gasteiger partial charge is 0.262 e. The largest absolute Gasteiger partial charge is 0.356 e. The molecule has 0 N–H and O–H groups in total. The van der Waals surface area contributed by atoms with Crippen LogP contribution in [0.4, 0.5) is 11.8 Å². The van der Waals surface area contributed by atoms with Crippen LogP contribution in [0.15, 0.2) is 17.3 Å². The highest BCUT2D eigenvalue weighted by molar-refractivity contribution is 7.89. The lowest BCUT2D eigenvalue weighted by atomic mass is 10.3. The van der Waals surface area contributed by atoms with E-state index >= 15 is 0 Å². The number of piperazine rings is 1. The number of hydrogen-bond acceptors (Lipinski definition) is 7. The number of sulfonamides is 1. The first-order valence-corrected chi connectivity index (χ1v) is 11.7. The highest BCUT2D eigenvalue weighted by atomic mass is 32.2. The van der Waals surface area contributed by atoms with Crippen LogP contribution < -0.4 is 9.80 Å². The van der Waals surface area contributed by atoms with Gasteiger partial charge in [0.05, 0.1) is 0 Å². The van der Waals surface area contributed by atoms with Gasteiger partial charge in [0, 0.05) is 63.8 Å². The second-order valence-electron chi connectivity index (χ2n) is 7.67. The molecule has 0 amide bonds. The molecule has 9 nitrogen and oxygen atoms in total. The van der Waals surface area contributed by atoms with Crippen LogP contribution in [-0.4, -0.2) is 71.5 Å². The number of hydrogen-bond donors (Lipinski definition) is 0. The predicted molar refractivity (Wildman–Crippen MR) is 112 cm³/mol. The Hall–Kier alpha value is -2.20. The van der Waals surface area contributed by atoms with E-state index in [-0.39, 0.29) is 5.03 Å². The zero-order chi connectivity index (χ0) is 20.6. The number of anilines is 2. The summed E-state index contributed by atoms with van der Waals surface area (Å²) in [5.41, 5.74) is 0.938.